The number of nitrogens with two attached hydrogens (primary N) is 1. The summed E-state index contributed by atoms with van der Waals surface area (Å²) < 4.78 is 0. The molecule has 1 aliphatic carbocycles. The zero-order valence-corrected chi connectivity index (χ0v) is 8.97. The van der Waals surface area contributed by atoms with Crippen molar-refractivity contribution in [2.45, 2.75) is 25.4 Å². The molecule has 1 aromatic heterocycles. The van der Waals surface area contributed by atoms with E-state index in [0.717, 1.165) is 5.56 Å². The van der Waals surface area contributed by atoms with Crippen molar-refractivity contribution in [3.05, 3.63) is 23.4 Å². The average Bonchev–Trinajstić information content (AvgIpc) is 2.13. The fraction of sp³-hybridized carbons (Fsp3) is 0.455. The molecule has 5 heteroatoms. The molecule has 16 heavy (non-hydrogen) atoms. The molecule has 5 nitrogen and oxygen atoms in total. The van der Waals surface area contributed by atoms with Gasteiger partial charge in [0.1, 0.15) is 5.82 Å². The van der Waals surface area contributed by atoms with Gasteiger partial charge in [0.15, 0.2) is 0 Å². The van der Waals surface area contributed by atoms with Gasteiger partial charge in [0.2, 0.25) is 0 Å². The first-order valence-corrected chi connectivity index (χ1v) is 5.11. The van der Waals surface area contributed by atoms with Crippen molar-refractivity contribution in [2.24, 2.45) is 5.92 Å². The molecule has 1 fully saturated rings. The monoisotopic (exact) mass is 222 g/mol. The Bertz CT molecular complexity index is 419. The number of rotatable bonds is 2. The smallest absolute Gasteiger partial charge is 0.306 e. The number of pyridine rings is 1. The number of anilines is 1. The summed E-state index contributed by atoms with van der Waals surface area (Å²) >= 11 is 0. The third kappa shape index (κ3) is 1.53. The second-order valence-electron chi connectivity index (χ2n) is 4.36. The lowest BCUT2D eigenvalue weighted by Gasteiger charge is -2.42. The topological polar surface area (TPSA) is 96.4 Å². The van der Waals surface area contributed by atoms with Crippen LogP contribution in [0.4, 0.5) is 5.82 Å². The number of hydrogen-bond acceptors (Lipinski definition) is 4. The van der Waals surface area contributed by atoms with Crippen LogP contribution in [-0.2, 0) is 10.4 Å². The number of aliphatic carboxylic acids is 1. The fourth-order valence-electron chi connectivity index (χ4n) is 2.32. The number of aromatic nitrogens is 1. The quantitative estimate of drug-likeness (QED) is 0.682. The number of hydrogen-bond donors (Lipinski definition) is 3. The van der Waals surface area contributed by atoms with E-state index >= 15 is 0 Å². The minimum atomic E-state index is -1.12. The molecule has 4 N–H and O–H groups in total. The van der Waals surface area contributed by atoms with Crippen LogP contribution in [0.1, 0.15) is 24.0 Å². The zero-order chi connectivity index (χ0) is 11.9. The van der Waals surface area contributed by atoms with Crippen molar-refractivity contribution in [2.75, 3.05) is 5.73 Å². The summed E-state index contributed by atoms with van der Waals surface area (Å²) in [6.45, 7) is 1.83. The third-order valence-corrected chi connectivity index (χ3v) is 3.17. The van der Waals surface area contributed by atoms with Gasteiger partial charge in [0.25, 0.3) is 0 Å². The van der Waals surface area contributed by atoms with Crippen molar-refractivity contribution in [1.29, 1.82) is 0 Å². The standard InChI is InChI=1S/C11H14N2O3/c1-6-2-3-13-9(12)8(6)11(16)4-7(5-11)10(14)15/h2-3,7,16H,4-5H2,1H3,(H2,12,13)(H,14,15). The summed E-state index contributed by atoms with van der Waals surface area (Å²) in [5.74, 6) is -1.07. The number of aryl methyl sites for hydroxylation is 1. The van der Waals surface area contributed by atoms with Crippen LogP contribution in [0.25, 0.3) is 0 Å². The van der Waals surface area contributed by atoms with Crippen LogP contribution in [0.3, 0.4) is 0 Å². The minimum Gasteiger partial charge on any atom is -0.481 e. The molecule has 1 aromatic rings. The van der Waals surface area contributed by atoms with E-state index in [1.54, 1.807) is 12.3 Å². The van der Waals surface area contributed by atoms with Gasteiger partial charge in [-0.1, -0.05) is 0 Å². The second-order valence-corrected chi connectivity index (χ2v) is 4.36. The molecule has 0 amide bonds. The average molecular weight is 222 g/mol. The maximum Gasteiger partial charge on any atom is 0.306 e. The van der Waals surface area contributed by atoms with E-state index in [-0.39, 0.29) is 18.7 Å². The van der Waals surface area contributed by atoms with E-state index in [0.29, 0.717) is 5.56 Å². The summed E-state index contributed by atoms with van der Waals surface area (Å²) in [5.41, 5.74) is 6.02. The molecule has 0 aromatic carbocycles. The van der Waals surface area contributed by atoms with Crippen molar-refractivity contribution >= 4 is 11.8 Å². The Hall–Kier alpha value is -1.62. The predicted molar refractivity (Wildman–Crippen MR) is 57.6 cm³/mol. The first-order chi connectivity index (χ1) is 7.44. The summed E-state index contributed by atoms with van der Waals surface area (Å²) in [6, 6.07) is 1.76. The van der Waals surface area contributed by atoms with Gasteiger partial charge in [-0.3, -0.25) is 4.79 Å². The van der Waals surface area contributed by atoms with Crippen molar-refractivity contribution in [3.63, 3.8) is 0 Å². The van der Waals surface area contributed by atoms with Crippen LogP contribution in [-0.4, -0.2) is 21.2 Å². The highest BCUT2D eigenvalue weighted by molar-refractivity contribution is 5.72. The Labute approximate surface area is 92.9 Å². The lowest BCUT2D eigenvalue weighted by atomic mass is 9.66. The van der Waals surface area contributed by atoms with Gasteiger partial charge in [0.05, 0.1) is 11.5 Å². The van der Waals surface area contributed by atoms with E-state index in [2.05, 4.69) is 4.98 Å². The SMILES string of the molecule is Cc1ccnc(N)c1C1(O)CC(C(=O)O)C1. The third-order valence-electron chi connectivity index (χ3n) is 3.17. The normalized spacial score (nSPS) is 28.5. The van der Waals surface area contributed by atoms with E-state index in [9.17, 15) is 9.90 Å². The molecular weight excluding hydrogens is 208 g/mol. The van der Waals surface area contributed by atoms with Crippen LogP contribution in [0.15, 0.2) is 12.3 Å². The second kappa shape index (κ2) is 3.45. The van der Waals surface area contributed by atoms with Gasteiger partial charge in [0, 0.05) is 11.8 Å². The first kappa shape index (κ1) is 10.9. The predicted octanol–water partition coefficient (Wildman–Crippen LogP) is 0.654. The Kier molecular flexibility index (Phi) is 2.35. The van der Waals surface area contributed by atoms with Crippen LogP contribution in [0.5, 0.6) is 0 Å². The lowest BCUT2D eigenvalue weighted by Crippen LogP contribution is -2.45. The molecule has 0 unspecified atom stereocenters. The largest absolute Gasteiger partial charge is 0.481 e. The van der Waals surface area contributed by atoms with E-state index < -0.39 is 17.5 Å². The molecule has 2 rings (SSSR count). The molecule has 1 heterocycles. The molecule has 1 saturated carbocycles. The van der Waals surface area contributed by atoms with Crippen LogP contribution >= 0.6 is 0 Å². The Morgan fingerprint density at radius 1 is 1.62 bits per heavy atom. The summed E-state index contributed by atoms with van der Waals surface area (Å²) in [5, 5.41) is 19.1. The first-order valence-electron chi connectivity index (χ1n) is 5.11. The Morgan fingerprint density at radius 3 is 2.75 bits per heavy atom. The number of aliphatic hydroxyl groups is 1. The molecule has 0 aliphatic heterocycles. The van der Waals surface area contributed by atoms with Gasteiger partial charge >= 0.3 is 5.97 Å². The van der Waals surface area contributed by atoms with E-state index in [4.69, 9.17) is 10.8 Å². The Balaban J connectivity index is 2.30. The molecule has 86 valence electrons. The number of carboxylic acids is 1. The number of carboxylic acid groups (broad SMARTS) is 1. The van der Waals surface area contributed by atoms with Crippen molar-refractivity contribution in [3.8, 4) is 0 Å². The maximum absolute atomic E-state index is 10.7. The van der Waals surface area contributed by atoms with Gasteiger partial charge in [-0.05, 0) is 31.4 Å². The molecule has 0 radical (unpaired) electrons. The molecule has 0 saturated heterocycles. The molecule has 1 aliphatic rings. The van der Waals surface area contributed by atoms with Crippen molar-refractivity contribution < 1.29 is 15.0 Å². The highest BCUT2D eigenvalue weighted by Gasteiger charge is 2.49. The van der Waals surface area contributed by atoms with Crippen LogP contribution in [0.2, 0.25) is 0 Å². The molecule has 0 atom stereocenters. The van der Waals surface area contributed by atoms with Crippen molar-refractivity contribution in [1.82, 2.24) is 4.98 Å². The summed E-state index contributed by atoms with van der Waals surface area (Å²) in [6.07, 6.45) is 1.99. The van der Waals surface area contributed by atoms with Gasteiger partial charge < -0.3 is 15.9 Å². The van der Waals surface area contributed by atoms with Gasteiger partial charge in [-0.15, -0.1) is 0 Å². The Morgan fingerprint density at radius 2 is 2.25 bits per heavy atom. The zero-order valence-electron chi connectivity index (χ0n) is 8.97. The van der Waals surface area contributed by atoms with E-state index in [1.807, 2.05) is 6.92 Å². The summed E-state index contributed by atoms with van der Waals surface area (Å²) in [4.78, 5) is 14.6. The van der Waals surface area contributed by atoms with Gasteiger partial charge in [-0.2, -0.15) is 0 Å². The molecular formula is C11H14N2O3. The number of nitrogen functional groups attached to an aromatic ring is 1. The maximum atomic E-state index is 10.7. The minimum absolute atomic E-state index is 0.207. The highest BCUT2D eigenvalue weighted by Crippen LogP contribution is 2.48. The van der Waals surface area contributed by atoms with Crippen LogP contribution < -0.4 is 5.73 Å². The lowest BCUT2D eigenvalue weighted by molar-refractivity contribution is -0.159. The number of carbonyl (C=O) groups is 1. The van der Waals surface area contributed by atoms with Crippen LogP contribution in [0, 0.1) is 12.8 Å². The fourth-order valence-corrected chi connectivity index (χ4v) is 2.32. The molecule has 0 bridgehead atoms. The summed E-state index contributed by atoms with van der Waals surface area (Å²) in [7, 11) is 0. The number of nitrogens with zero attached hydrogens (tertiary/aromatic N) is 1. The molecule has 0 spiro atoms. The highest BCUT2D eigenvalue weighted by atomic mass is 16.4. The van der Waals surface area contributed by atoms with E-state index in [1.165, 1.54) is 0 Å². The van der Waals surface area contributed by atoms with Gasteiger partial charge in [-0.25, -0.2) is 4.98 Å².